The van der Waals surface area contributed by atoms with E-state index in [1.54, 1.807) is 24.3 Å². The molecule has 0 aromatic heterocycles. The second-order valence-electron chi connectivity index (χ2n) is 6.75. The molecule has 2 aromatic rings. The van der Waals surface area contributed by atoms with Crippen LogP contribution in [0.25, 0.3) is 0 Å². The Kier molecular flexibility index (Phi) is 7.05. The zero-order valence-electron chi connectivity index (χ0n) is 17.1. The van der Waals surface area contributed by atoms with E-state index in [0.717, 1.165) is 25.3 Å². The number of halogens is 2. The highest BCUT2D eigenvalue weighted by atomic mass is 35.5. The van der Waals surface area contributed by atoms with Crippen molar-refractivity contribution in [3.8, 4) is 5.75 Å². The van der Waals surface area contributed by atoms with Gasteiger partial charge in [0.05, 0.1) is 41.0 Å². The van der Waals surface area contributed by atoms with E-state index in [9.17, 15) is 22.4 Å². The second-order valence-corrected chi connectivity index (χ2v) is 9.15. The van der Waals surface area contributed by atoms with Gasteiger partial charge in [0, 0.05) is 5.70 Å². The minimum absolute atomic E-state index is 0.0759. The van der Waals surface area contributed by atoms with Crippen LogP contribution in [0, 0.1) is 5.82 Å². The van der Waals surface area contributed by atoms with Gasteiger partial charge in [-0.1, -0.05) is 23.7 Å². The number of hydrogen-bond acceptors (Lipinski definition) is 6. The van der Waals surface area contributed by atoms with Gasteiger partial charge in [0.1, 0.15) is 11.6 Å². The van der Waals surface area contributed by atoms with Crippen molar-refractivity contribution in [2.24, 2.45) is 0 Å². The average Bonchev–Trinajstić information content (AvgIpc) is 2.75. The number of methoxy groups -OCH3 is 1. The van der Waals surface area contributed by atoms with E-state index in [4.69, 9.17) is 21.1 Å². The van der Waals surface area contributed by atoms with Crippen molar-refractivity contribution in [2.75, 3.05) is 19.5 Å². The first kappa shape index (κ1) is 23.6. The average molecular weight is 483 g/mol. The number of esters is 1. The van der Waals surface area contributed by atoms with Crippen molar-refractivity contribution in [2.45, 2.75) is 17.9 Å². The van der Waals surface area contributed by atoms with Gasteiger partial charge in [-0.2, -0.15) is 0 Å². The lowest BCUT2D eigenvalue weighted by Gasteiger charge is -2.29. The molecule has 1 atom stereocenters. The molecule has 1 heterocycles. The molecule has 0 fully saturated rings. The van der Waals surface area contributed by atoms with Crippen LogP contribution >= 0.6 is 11.6 Å². The van der Waals surface area contributed by atoms with Crippen LogP contribution in [0.5, 0.6) is 5.75 Å². The lowest BCUT2D eigenvalue weighted by molar-refractivity contribution is -0.136. The maximum atomic E-state index is 13.5. The first-order chi connectivity index (χ1) is 15.2. The summed E-state index contributed by atoms with van der Waals surface area (Å²) in [4.78, 5) is 24.6. The third-order valence-corrected chi connectivity index (χ3v) is 6.60. The highest BCUT2D eigenvalue weighted by Gasteiger charge is 2.35. The Labute approximate surface area is 189 Å². The van der Waals surface area contributed by atoms with Gasteiger partial charge in [0.25, 0.3) is 0 Å². The van der Waals surface area contributed by atoms with Crippen molar-refractivity contribution in [1.29, 1.82) is 0 Å². The number of benzene rings is 2. The molecule has 1 aliphatic heterocycles. The molecule has 32 heavy (non-hydrogen) atoms. The summed E-state index contributed by atoms with van der Waals surface area (Å²) in [6, 6.07) is 7.92. The van der Waals surface area contributed by atoms with Crippen molar-refractivity contribution < 1.29 is 31.9 Å². The zero-order valence-corrected chi connectivity index (χ0v) is 18.7. The highest BCUT2D eigenvalue weighted by molar-refractivity contribution is 7.91. The van der Waals surface area contributed by atoms with Gasteiger partial charge >= 0.3 is 12.0 Å². The Morgan fingerprint density at radius 2 is 1.88 bits per heavy atom. The van der Waals surface area contributed by atoms with E-state index in [-0.39, 0.29) is 21.2 Å². The fourth-order valence-electron chi connectivity index (χ4n) is 3.20. The standard InChI is InChI=1S/C21H20ClFN2O6S/c1-3-31-13-6-4-12(5-7-13)19-18(20(26)30-2)17(24-21(27)25-19)11-32(28,29)14-8-9-16(23)15(22)10-14/h4-10,19H,3,11H2,1-2H3,(H2,24,25,27)/t19-/m1/s1. The predicted molar refractivity (Wildman–Crippen MR) is 115 cm³/mol. The first-order valence-corrected chi connectivity index (χ1v) is 11.5. The minimum Gasteiger partial charge on any atom is -0.494 e. The number of urea groups is 1. The van der Waals surface area contributed by atoms with E-state index >= 15 is 0 Å². The Morgan fingerprint density at radius 1 is 1.19 bits per heavy atom. The van der Waals surface area contributed by atoms with Crippen molar-refractivity contribution >= 4 is 33.4 Å². The van der Waals surface area contributed by atoms with Crippen molar-refractivity contribution in [1.82, 2.24) is 10.6 Å². The summed E-state index contributed by atoms with van der Waals surface area (Å²) in [5.41, 5.74) is 0.288. The van der Waals surface area contributed by atoms with Crippen LogP contribution in [-0.2, 0) is 19.4 Å². The fraction of sp³-hybridized carbons (Fsp3) is 0.238. The summed E-state index contributed by atoms with van der Waals surface area (Å²) in [5.74, 6) is -1.74. The Morgan fingerprint density at radius 3 is 2.47 bits per heavy atom. The van der Waals surface area contributed by atoms with Gasteiger partial charge in [-0.25, -0.2) is 22.4 Å². The highest BCUT2D eigenvalue weighted by Crippen LogP contribution is 2.30. The van der Waals surface area contributed by atoms with Gasteiger partial charge < -0.3 is 20.1 Å². The zero-order chi connectivity index (χ0) is 23.5. The molecule has 2 N–H and O–H groups in total. The predicted octanol–water partition coefficient (Wildman–Crippen LogP) is 3.13. The summed E-state index contributed by atoms with van der Waals surface area (Å²) in [6.45, 7) is 2.30. The Bertz CT molecular complexity index is 1180. The summed E-state index contributed by atoms with van der Waals surface area (Å²) >= 11 is 5.71. The Hall–Kier alpha value is -3.11. The second kappa shape index (κ2) is 9.58. The van der Waals surface area contributed by atoms with Crippen LogP contribution in [-0.4, -0.2) is 39.9 Å². The molecule has 3 rings (SSSR count). The molecule has 0 radical (unpaired) electrons. The van der Waals surface area contributed by atoms with Crippen molar-refractivity contribution in [3.05, 3.63) is 70.1 Å². The summed E-state index contributed by atoms with van der Waals surface area (Å²) < 4.78 is 49.6. The largest absolute Gasteiger partial charge is 0.494 e. The number of rotatable bonds is 7. The molecule has 2 aromatic carbocycles. The van der Waals surface area contributed by atoms with Gasteiger partial charge in [-0.3, -0.25) is 0 Å². The minimum atomic E-state index is -4.10. The van der Waals surface area contributed by atoms with E-state index in [2.05, 4.69) is 10.6 Å². The third kappa shape index (κ3) is 5.03. The molecule has 0 unspecified atom stereocenters. The lowest BCUT2D eigenvalue weighted by atomic mass is 9.95. The van der Waals surface area contributed by atoms with Crippen LogP contribution in [0.4, 0.5) is 9.18 Å². The third-order valence-electron chi connectivity index (χ3n) is 4.67. The monoisotopic (exact) mass is 482 g/mol. The molecule has 11 heteroatoms. The molecule has 0 bridgehead atoms. The number of nitrogens with one attached hydrogen (secondary N) is 2. The molecule has 0 saturated carbocycles. The van der Waals surface area contributed by atoms with Gasteiger partial charge in [-0.05, 0) is 42.8 Å². The van der Waals surface area contributed by atoms with E-state index in [1.165, 1.54) is 0 Å². The maximum Gasteiger partial charge on any atom is 0.338 e. The SMILES string of the molecule is CCOc1ccc([C@H]2NC(=O)NC(CS(=O)(=O)c3ccc(F)c(Cl)c3)=C2C(=O)OC)cc1. The van der Waals surface area contributed by atoms with Crippen LogP contribution in [0.1, 0.15) is 18.5 Å². The van der Waals surface area contributed by atoms with E-state index in [0.29, 0.717) is 17.9 Å². The van der Waals surface area contributed by atoms with Crippen LogP contribution in [0.15, 0.2) is 58.6 Å². The summed E-state index contributed by atoms with van der Waals surface area (Å²) in [5, 5.41) is 4.62. The maximum absolute atomic E-state index is 13.5. The molecule has 0 saturated heterocycles. The number of sulfone groups is 1. The van der Waals surface area contributed by atoms with Crippen LogP contribution in [0.3, 0.4) is 0 Å². The quantitative estimate of drug-likeness (QED) is 0.463. The Balaban J connectivity index is 2.05. The van der Waals surface area contributed by atoms with Gasteiger partial charge in [0.15, 0.2) is 9.84 Å². The molecular formula is C21H20ClFN2O6S. The molecule has 2 amide bonds. The number of ether oxygens (including phenoxy) is 2. The fourth-order valence-corrected chi connectivity index (χ4v) is 4.79. The van der Waals surface area contributed by atoms with Gasteiger partial charge in [-0.15, -0.1) is 0 Å². The number of carbonyl (C=O) groups is 2. The smallest absolute Gasteiger partial charge is 0.338 e. The van der Waals surface area contributed by atoms with E-state index < -0.39 is 39.4 Å². The van der Waals surface area contributed by atoms with Crippen LogP contribution in [0.2, 0.25) is 5.02 Å². The van der Waals surface area contributed by atoms with E-state index in [1.807, 2.05) is 6.92 Å². The van der Waals surface area contributed by atoms with Crippen LogP contribution < -0.4 is 15.4 Å². The lowest BCUT2D eigenvalue weighted by Crippen LogP contribution is -2.47. The molecule has 0 aliphatic carbocycles. The first-order valence-electron chi connectivity index (χ1n) is 9.45. The number of carbonyl (C=O) groups excluding carboxylic acids is 2. The molecule has 170 valence electrons. The summed E-state index contributed by atoms with van der Waals surface area (Å²) in [7, 11) is -2.95. The molecule has 8 nitrogen and oxygen atoms in total. The topological polar surface area (TPSA) is 111 Å². The molecular weight excluding hydrogens is 463 g/mol. The van der Waals surface area contributed by atoms with Gasteiger partial charge in [0.2, 0.25) is 0 Å². The number of amides is 2. The number of hydrogen-bond donors (Lipinski definition) is 2. The molecule has 1 aliphatic rings. The van der Waals surface area contributed by atoms with Crippen molar-refractivity contribution in [3.63, 3.8) is 0 Å². The normalized spacial score (nSPS) is 16.2. The summed E-state index contributed by atoms with van der Waals surface area (Å²) in [6.07, 6.45) is 0. The molecule has 0 spiro atoms.